The number of ether oxygens (including phenoxy) is 2. The maximum Gasteiger partial charge on any atom is 0.318 e. The number of halogens is 2. The summed E-state index contributed by atoms with van der Waals surface area (Å²) in [6.07, 6.45) is 4.74. The zero-order valence-corrected chi connectivity index (χ0v) is 21.0. The summed E-state index contributed by atoms with van der Waals surface area (Å²) in [6.45, 7) is 5.74. The molecule has 2 aromatic heterocycles. The average molecular weight is 526 g/mol. The van der Waals surface area contributed by atoms with Crippen LogP contribution in [0.15, 0.2) is 31.0 Å². The second-order valence-corrected chi connectivity index (χ2v) is 10.1. The van der Waals surface area contributed by atoms with Gasteiger partial charge >= 0.3 is 6.01 Å². The van der Waals surface area contributed by atoms with Crippen LogP contribution in [0.2, 0.25) is 5.02 Å². The van der Waals surface area contributed by atoms with Crippen molar-refractivity contribution in [1.29, 1.82) is 0 Å². The predicted octanol–water partition coefficient (Wildman–Crippen LogP) is 3.68. The Morgan fingerprint density at radius 3 is 2.76 bits per heavy atom. The number of hydrogen-bond acceptors (Lipinski definition) is 8. The lowest BCUT2D eigenvalue weighted by molar-refractivity contribution is -0.164. The van der Waals surface area contributed by atoms with E-state index < -0.39 is 11.4 Å². The lowest BCUT2D eigenvalue weighted by Crippen LogP contribution is -2.72. The third kappa shape index (κ3) is 3.86. The van der Waals surface area contributed by atoms with Gasteiger partial charge in [0, 0.05) is 36.4 Å². The summed E-state index contributed by atoms with van der Waals surface area (Å²) in [5.41, 5.74) is 0.826. The van der Waals surface area contributed by atoms with Crippen LogP contribution >= 0.6 is 11.6 Å². The van der Waals surface area contributed by atoms with E-state index in [2.05, 4.69) is 21.5 Å². The number of aromatic hydroxyl groups is 1. The molecule has 6 rings (SSSR count). The Labute approximate surface area is 217 Å². The number of fused-ring (bicyclic) bond motifs is 1. The highest BCUT2D eigenvalue weighted by Crippen LogP contribution is 2.49. The molecule has 1 saturated carbocycles. The largest absolute Gasteiger partial charge is 0.508 e. The zero-order valence-electron chi connectivity index (χ0n) is 20.2. The maximum atomic E-state index is 16.2. The second-order valence-electron chi connectivity index (χ2n) is 9.71. The van der Waals surface area contributed by atoms with Gasteiger partial charge in [0.2, 0.25) is 5.91 Å². The van der Waals surface area contributed by atoms with Crippen LogP contribution in [-0.4, -0.2) is 76.4 Å². The number of amides is 1. The highest BCUT2D eigenvalue weighted by atomic mass is 35.5. The van der Waals surface area contributed by atoms with Crippen molar-refractivity contribution in [3.05, 3.63) is 47.4 Å². The van der Waals surface area contributed by atoms with E-state index >= 15 is 4.39 Å². The van der Waals surface area contributed by atoms with Crippen molar-refractivity contribution < 1.29 is 23.8 Å². The van der Waals surface area contributed by atoms with Gasteiger partial charge in [-0.2, -0.15) is 9.97 Å². The second kappa shape index (κ2) is 8.81. The van der Waals surface area contributed by atoms with Gasteiger partial charge in [0.05, 0.1) is 25.7 Å². The summed E-state index contributed by atoms with van der Waals surface area (Å²) >= 11 is 6.45. The minimum Gasteiger partial charge on any atom is -0.508 e. The van der Waals surface area contributed by atoms with Crippen molar-refractivity contribution in [2.24, 2.45) is 0 Å². The zero-order chi connectivity index (χ0) is 25.9. The average Bonchev–Trinajstić information content (AvgIpc) is 3.71. The number of aromatic nitrogens is 3. The molecule has 37 heavy (non-hydrogen) atoms. The van der Waals surface area contributed by atoms with E-state index in [1.165, 1.54) is 25.3 Å². The molecule has 3 aromatic rings. The molecule has 4 heterocycles. The number of phenols is 1. The summed E-state index contributed by atoms with van der Waals surface area (Å²) in [7, 11) is 1.42. The summed E-state index contributed by atoms with van der Waals surface area (Å²) in [5.74, 6) is -0.197. The Morgan fingerprint density at radius 1 is 1.32 bits per heavy atom. The molecule has 9 nitrogen and oxygen atoms in total. The van der Waals surface area contributed by atoms with Gasteiger partial charge in [0.1, 0.15) is 28.3 Å². The van der Waals surface area contributed by atoms with Crippen LogP contribution in [-0.2, 0) is 9.53 Å². The number of pyridine rings is 1. The van der Waals surface area contributed by atoms with Crippen LogP contribution in [0.5, 0.6) is 11.8 Å². The van der Waals surface area contributed by atoms with Gasteiger partial charge in [0.15, 0.2) is 5.82 Å². The van der Waals surface area contributed by atoms with Gasteiger partial charge in [-0.25, -0.2) is 4.39 Å². The number of rotatable bonds is 5. The van der Waals surface area contributed by atoms with Crippen molar-refractivity contribution in [1.82, 2.24) is 19.9 Å². The lowest BCUT2D eigenvalue weighted by Gasteiger charge is -2.55. The molecule has 1 spiro atoms. The molecule has 3 aliphatic rings. The van der Waals surface area contributed by atoms with Crippen molar-refractivity contribution in [2.75, 3.05) is 44.9 Å². The van der Waals surface area contributed by atoms with E-state index in [-0.39, 0.29) is 34.8 Å². The number of phenolic OH excluding ortho intramolecular Hbond substituents is 1. The molecule has 0 radical (unpaired) electrons. The van der Waals surface area contributed by atoms with Gasteiger partial charge in [-0.3, -0.25) is 9.78 Å². The van der Waals surface area contributed by atoms with E-state index in [1.54, 1.807) is 11.1 Å². The monoisotopic (exact) mass is 525 g/mol. The third-order valence-corrected chi connectivity index (χ3v) is 7.63. The van der Waals surface area contributed by atoms with E-state index in [0.29, 0.717) is 54.6 Å². The molecule has 11 heteroatoms. The number of hydrogen-bond donors (Lipinski definition) is 1. The number of carbonyl (C=O) groups is 1. The molecule has 2 aliphatic heterocycles. The standard InChI is InChI=1S/C26H25ClFN5O4/c1-3-19(35)33-7-6-32(11-26(33)12-37-13-26)24-17-10-29-22(21(28)23(17)30-25(31-24)36-2)16-8-15(34)9-18(27)20(16)14-4-5-14/h3,8-10,14,34H,1,4-7,11-13H2,2H3. The maximum absolute atomic E-state index is 16.2. The fraction of sp³-hybridized carbons (Fsp3) is 0.385. The molecule has 1 amide bonds. The first-order valence-electron chi connectivity index (χ1n) is 12.0. The fourth-order valence-corrected chi connectivity index (χ4v) is 5.69. The molecule has 1 N–H and O–H groups in total. The molecular formula is C26H25ClFN5O4. The quantitative estimate of drug-likeness (QED) is 0.503. The lowest BCUT2D eigenvalue weighted by atomic mass is 9.91. The molecular weight excluding hydrogens is 501 g/mol. The Balaban J connectivity index is 1.46. The Hall–Kier alpha value is -3.50. The van der Waals surface area contributed by atoms with Gasteiger partial charge < -0.3 is 24.4 Å². The first-order chi connectivity index (χ1) is 17.8. The van der Waals surface area contributed by atoms with E-state index in [1.807, 2.05) is 4.90 Å². The van der Waals surface area contributed by atoms with Crippen LogP contribution in [0, 0.1) is 5.82 Å². The van der Waals surface area contributed by atoms with Crippen molar-refractivity contribution >= 4 is 34.2 Å². The molecule has 0 bridgehead atoms. The molecule has 3 fully saturated rings. The van der Waals surface area contributed by atoms with E-state index in [9.17, 15) is 9.90 Å². The van der Waals surface area contributed by atoms with Crippen LogP contribution in [0.4, 0.5) is 10.2 Å². The minimum absolute atomic E-state index is 0.0124. The highest BCUT2D eigenvalue weighted by Gasteiger charge is 2.50. The number of piperazine rings is 1. The fourth-order valence-electron chi connectivity index (χ4n) is 5.33. The van der Waals surface area contributed by atoms with Crippen LogP contribution in [0.25, 0.3) is 22.2 Å². The SMILES string of the molecule is C=CC(=O)N1CCN(c2nc(OC)nc3c(F)c(-c4cc(O)cc(Cl)c4C4CC4)ncc23)CC12COC2. The number of benzene rings is 1. The van der Waals surface area contributed by atoms with Gasteiger partial charge in [-0.05, 0) is 42.5 Å². The first kappa shape index (κ1) is 23.9. The smallest absolute Gasteiger partial charge is 0.318 e. The number of nitrogens with zero attached hydrogens (tertiary/aromatic N) is 5. The molecule has 0 atom stereocenters. The minimum atomic E-state index is -0.648. The van der Waals surface area contributed by atoms with Gasteiger partial charge in [-0.15, -0.1) is 0 Å². The number of anilines is 1. The van der Waals surface area contributed by atoms with Gasteiger partial charge in [0.25, 0.3) is 0 Å². The van der Waals surface area contributed by atoms with Crippen LogP contribution in [0.3, 0.4) is 0 Å². The Morgan fingerprint density at radius 2 is 2.11 bits per heavy atom. The third-order valence-electron chi connectivity index (χ3n) is 7.31. The first-order valence-corrected chi connectivity index (χ1v) is 12.4. The topological polar surface area (TPSA) is 101 Å². The van der Waals surface area contributed by atoms with Gasteiger partial charge in [-0.1, -0.05) is 18.2 Å². The molecule has 192 valence electrons. The summed E-state index contributed by atoms with van der Waals surface area (Å²) in [4.78, 5) is 29.6. The Bertz CT molecular complexity index is 1440. The predicted molar refractivity (Wildman–Crippen MR) is 136 cm³/mol. The highest BCUT2D eigenvalue weighted by molar-refractivity contribution is 6.32. The molecule has 0 unspecified atom stereocenters. The van der Waals surface area contributed by atoms with Crippen molar-refractivity contribution in [3.63, 3.8) is 0 Å². The summed E-state index contributed by atoms with van der Waals surface area (Å²) in [5, 5.41) is 11.0. The summed E-state index contributed by atoms with van der Waals surface area (Å²) < 4.78 is 27.0. The Kier molecular flexibility index (Phi) is 5.68. The van der Waals surface area contributed by atoms with Crippen molar-refractivity contribution in [3.8, 4) is 23.0 Å². The molecule has 2 saturated heterocycles. The number of methoxy groups -OCH3 is 1. The molecule has 1 aliphatic carbocycles. The van der Waals surface area contributed by atoms with E-state index in [0.717, 1.165) is 18.4 Å². The van der Waals surface area contributed by atoms with Crippen LogP contribution in [0.1, 0.15) is 24.3 Å². The van der Waals surface area contributed by atoms with E-state index in [4.69, 9.17) is 21.1 Å². The summed E-state index contributed by atoms with van der Waals surface area (Å²) in [6, 6.07) is 2.97. The van der Waals surface area contributed by atoms with Crippen molar-refractivity contribution in [2.45, 2.75) is 24.3 Å². The number of carbonyl (C=O) groups excluding carboxylic acids is 1. The van der Waals surface area contributed by atoms with Crippen LogP contribution < -0.4 is 9.64 Å². The normalized spacial score (nSPS) is 18.7. The molecule has 1 aromatic carbocycles.